The van der Waals surface area contributed by atoms with Gasteiger partial charge in [0.2, 0.25) is 0 Å². The van der Waals surface area contributed by atoms with Gasteiger partial charge in [-0.05, 0) is 32.4 Å². The quantitative estimate of drug-likeness (QED) is 0.782. The Morgan fingerprint density at radius 2 is 1.86 bits per heavy atom. The van der Waals surface area contributed by atoms with Gasteiger partial charge in [0.25, 0.3) is 11.5 Å². The van der Waals surface area contributed by atoms with Crippen molar-refractivity contribution < 1.29 is 4.79 Å². The first-order valence-corrected chi connectivity index (χ1v) is 8.10. The minimum absolute atomic E-state index is 0.110. The van der Waals surface area contributed by atoms with Gasteiger partial charge in [-0.3, -0.25) is 14.2 Å². The van der Waals surface area contributed by atoms with Crippen molar-refractivity contribution in [3.8, 4) is 0 Å². The second-order valence-corrected chi connectivity index (χ2v) is 5.93. The Bertz CT molecular complexity index is 793. The van der Waals surface area contributed by atoms with Gasteiger partial charge in [0, 0.05) is 28.7 Å². The number of hydrogen-bond donors (Lipinski definition) is 0. The Balaban J connectivity index is 2.63. The predicted molar refractivity (Wildman–Crippen MR) is 89.0 cm³/mol. The highest BCUT2D eigenvalue weighted by Crippen LogP contribution is 2.09. The molecule has 0 N–H and O–H groups in total. The highest BCUT2D eigenvalue weighted by molar-refractivity contribution is 9.09. The second kappa shape index (κ2) is 6.87. The lowest BCUT2D eigenvalue weighted by Gasteiger charge is -2.16. The van der Waals surface area contributed by atoms with E-state index in [1.165, 1.54) is 10.8 Å². The minimum Gasteiger partial charge on any atom is -0.297 e. The second-order valence-electron chi connectivity index (χ2n) is 5.14. The first-order chi connectivity index (χ1) is 10.5. The average Bonchev–Trinajstić information content (AvgIpc) is 2.52. The molecule has 0 saturated carbocycles. The van der Waals surface area contributed by atoms with Crippen molar-refractivity contribution in [3.05, 3.63) is 68.5 Å². The Labute approximate surface area is 136 Å². The number of halogens is 1. The van der Waals surface area contributed by atoms with Gasteiger partial charge < -0.3 is 0 Å². The third-order valence-corrected chi connectivity index (χ3v) is 3.97. The molecule has 0 fully saturated rings. The van der Waals surface area contributed by atoms with E-state index in [4.69, 9.17) is 0 Å². The van der Waals surface area contributed by atoms with E-state index in [-0.39, 0.29) is 6.04 Å². The summed E-state index contributed by atoms with van der Waals surface area (Å²) in [7, 11) is 0. The number of carbonyl (C=O) groups is 1. The fraction of sp³-hybridized carbons (Fsp3) is 0.312. The van der Waals surface area contributed by atoms with E-state index < -0.39 is 17.2 Å². The SMILES string of the molecule is Cc1cn(C(C)CCBr)c(=O)n(C(=O)c2ccccc2)c1=O. The molecule has 1 heterocycles. The van der Waals surface area contributed by atoms with Crippen LogP contribution in [0.15, 0.2) is 46.1 Å². The summed E-state index contributed by atoms with van der Waals surface area (Å²) < 4.78 is 2.16. The number of carbonyl (C=O) groups excluding carboxylic acids is 1. The van der Waals surface area contributed by atoms with Crippen LogP contribution in [0.3, 0.4) is 0 Å². The first kappa shape index (κ1) is 16.4. The summed E-state index contributed by atoms with van der Waals surface area (Å²) in [5.41, 5.74) is -0.489. The van der Waals surface area contributed by atoms with E-state index in [2.05, 4.69) is 15.9 Å². The molecule has 1 aromatic heterocycles. The molecule has 5 nitrogen and oxygen atoms in total. The Hall–Kier alpha value is -1.95. The summed E-state index contributed by atoms with van der Waals surface area (Å²) in [6.45, 7) is 3.48. The average molecular weight is 365 g/mol. The van der Waals surface area contributed by atoms with Gasteiger partial charge in [-0.2, -0.15) is 4.57 Å². The van der Waals surface area contributed by atoms with Gasteiger partial charge in [0.1, 0.15) is 0 Å². The van der Waals surface area contributed by atoms with Crippen LogP contribution in [0.2, 0.25) is 0 Å². The molecule has 2 rings (SSSR count). The van der Waals surface area contributed by atoms with Gasteiger partial charge in [-0.25, -0.2) is 4.79 Å². The molecule has 0 radical (unpaired) electrons. The largest absolute Gasteiger partial charge is 0.338 e. The van der Waals surface area contributed by atoms with Crippen molar-refractivity contribution in [2.45, 2.75) is 26.3 Å². The van der Waals surface area contributed by atoms with Crippen molar-refractivity contribution in [3.63, 3.8) is 0 Å². The lowest BCUT2D eigenvalue weighted by molar-refractivity contribution is 0.0947. The molecule has 0 spiro atoms. The van der Waals surface area contributed by atoms with Crippen LogP contribution in [0.5, 0.6) is 0 Å². The smallest absolute Gasteiger partial charge is 0.297 e. The number of aryl methyl sites for hydroxylation is 1. The molecule has 0 saturated heterocycles. The molecule has 6 heteroatoms. The Morgan fingerprint density at radius 3 is 2.45 bits per heavy atom. The van der Waals surface area contributed by atoms with Crippen LogP contribution in [0.4, 0.5) is 0 Å². The zero-order valence-corrected chi connectivity index (χ0v) is 14.0. The van der Waals surface area contributed by atoms with E-state index in [0.29, 0.717) is 11.1 Å². The molecule has 116 valence electrons. The number of hydrogen-bond acceptors (Lipinski definition) is 3. The molecule has 0 aliphatic heterocycles. The van der Waals surface area contributed by atoms with Crippen LogP contribution in [-0.2, 0) is 0 Å². The maximum atomic E-state index is 12.6. The number of alkyl halides is 1. The molecule has 1 atom stereocenters. The maximum Gasteiger partial charge on any atom is 0.338 e. The number of rotatable bonds is 4. The van der Waals surface area contributed by atoms with Crippen LogP contribution >= 0.6 is 15.9 Å². The Morgan fingerprint density at radius 1 is 1.23 bits per heavy atom. The fourth-order valence-corrected chi connectivity index (χ4v) is 2.86. The normalized spacial score (nSPS) is 12.1. The van der Waals surface area contributed by atoms with Gasteiger partial charge in [-0.15, -0.1) is 0 Å². The van der Waals surface area contributed by atoms with Gasteiger partial charge in [0.05, 0.1) is 0 Å². The summed E-state index contributed by atoms with van der Waals surface area (Å²) in [5, 5.41) is 0.728. The number of nitrogens with zero attached hydrogens (tertiary/aromatic N) is 2. The number of aromatic nitrogens is 2. The van der Waals surface area contributed by atoms with E-state index in [0.717, 1.165) is 16.3 Å². The summed E-state index contributed by atoms with van der Waals surface area (Å²) >= 11 is 3.34. The van der Waals surface area contributed by atoms with Crippen molar-refractivity contribution in [1.82, 2.24) is 9.13 Å². The van der Waals surface area contributed by atoms with Crippen LogP contribution in [0, 0.1) is 6.92 Å². The van der Waals surface area contributed by atoms with E-state index in [1.807, 2.05) is 6.92 Å². The van der Waals surface area contributed by atoms with E-state index in [1.54, 1.807) is 37.3 Å². The monoisotopic (exact) mass is 364 g/mol. The third kappa shape index (κ3) is 3.11. The van der Waals surface area contributed by atoms with Crippen LogP contribution in [-0.4, -0.2) is 20.4 Å². The lowest BCUT2D eigenvalue weighted by Crippen LogP contribution is -2.45. The van der Waals surface area contributed by atoms with Crippen molar-refractivity contribution >= 4 is 21.8 Å². The molecule has 0 aliphatic carbocycles. The Kier molecular flexibility index (Phi) is 5.13. The summed E-state index contributed by atoms with van der Waals surface area (Å²) in [4.78, 5) is 37.3. The molecule has 2 aromatic rings. The first-order valence-electron chi connectivity index (χ1n) is 6.98. The van der Waals surface area contributed by atoms with Gasteiger partial charge in [-0.1, -0.05) is 34.1 Å². The predicted octanol–water partition coefficient (Wildman–Crippen LogP) is 2.35. The zero-order chi connectivity index (χ0) is 16.3. The number of benzene rings is 1. The van der Waals surface area contributed by atoms with Crippen molar-refractivity contribution in [2.24, 2.45) is 0 Å². The standard InChI is InChI=1S/C16H17BrN2O3/c1-11-10-18(12(2)8-9-17)16(22)19(14(11)20)15(21)13-6-4-3-5-7-13/h3-7,10,12H,8-9H2,1-2H3. The molecule has 0 amide bonds. The fourth-order valence-electron chi connectivity index (χ4n) is 2.20. The zero-order valence-electron chi connectivity index (χ0n) is 12.5. The van der Waals surface area contributed by atoms with E-state index >= 15 is 0 Å². The lowest BCUT2D eigenvalue weighted by atomic mass is 10.2. The summed E-state index contributed by atoms with van der Waals surface area (Å²) in [5.74, 6) is -0.598. The van der Waals surface area contributed by atoms with Gasteiger partial charge >= 0.3 is 5.69 Å². The summed E-state index contributed by atoms with van der Waals surface area (Å²) in [6, 6.07) is 8.22. The third-order valence-electron chi connectivity index (χ3n) is 3.51. The molecule has 0 aliphatic rings. The van der Waals surface area contributed by atoms with Crippen molar-refractivity contribution in [2.75, 3.05) is 5.33 Å². The van der Waals surface area contributed by atoms with E-state index in [9.17, 15) is 14.4 Å². The van der Waals surface area contributed by atoms with Crippen molar-refractivity contribution in [1.29, 1.82) is 0 Å². The van der Waals surface area contributed by atoms with Crippen LogP contribution in [0.1, 0.15) is 35.3 Å². The molecule has 0 bridgehead atoms. The van der Waals surface area contributed by atoms with Crippen LogP contribution in [0.25, 0.3) is 0 Å². The maximum absolute atomic E-state index is 12.6. The molecular formula is C16H17BrN2O3. The topological polar surface area (TPSA) is 61.1 Å². The molecular weight excluding hydrogens is 348 g/mol. The van der Waals surface area contributed by atoms with Gasteiger partial charge in [0.15, 0.2) is 0 Å². The highest BCUT2D eigenvalue weighted by Gasteiger charge is 2.19. The van der Waals surface area contributed by atoms with Crippen LogP contribution < -0.4 is 11.2 Å². The minimum atomic E-state index is -0.599. The molecule has 1 aromatic carbocycles. The molecule has 22 heavy (non-hydrogen) atoms. The highest BCUT2D eigenvalue weighted by atomic mass is 79.9. The molecule has 1 unspecified atom stereocenters. The summed E-state index contributed by atoms with van der Waals surface area (Å²) in [6.07, 6.45) is 2.24.